The molecule has 1 aliphatic rings. The number of aromatic nitrogens is 1. The van der Waals surface area contributed by atoms with Crippen molar-refractivity contribution in [3.05, 3.63) is 24.0 Å². The van der Waals surface area contributed by atoms with Gasteiger partial charge in [-0.1, -0.05) is 6.92 Å². The maximum Gasteiger partial charge on any atom is 0.253 e. The molecular weight excluding hydrogens is 226 g/mol. The molecular formula is C14H21N3O. The van der Waals surface area contributed by atoms with Crippen molar-refractivity contribution in [1.82, 2.24) is 10.3 Å². The summed E-state index contributed by atoms with van der Waals surface area (Å²) in [5, 5.41) is 6.17. The normalized spacial score (nSPS) is 16.1. The van der Waals surface area contributed by atoms with E-state index < -0.39 is 0 Å². The predicted molar refractivity (Wildman–Crippen MR) is 72.6 cm³/mol. The Morgan fingerprint density at radius 1 is 1.56 bits per heavy atom. The van der Waals surface area contributed by atoms with E-state index in [0.29, 0.717) is 11.5 Å². The highest BCUT2D eigenvalue weighted by Crippen LogP contribution is 2.36. The van der Waals surface area contributed by atoms with Crippen molar-refractivity contribution in [2.24, 2.45) is 11.8 Å². The highest BCUT2D eigenvalue weighted by atomic mass is 16.1. The molecule has 1 saturated carbocycles. The molecule has 0 radical (unpaired) electrons. The van der Waals surface area contributed by atoms with Gasteiger partial charge in [0, 0.05) is 19.3 Å². The first-order valence-electron chi connectivity index (χ1n) is 6.68. The van der Waals surface area contributed by atoms with Gasteiger partial charge < -0.3 is 10.6 Å². The van der Waals surface area contributed by atoms with Gasteiger partial charge in [-0.2, -0.15) is 0 Å². The largest absolute Gasteiger partial charge is 0.383 e. The summed E-state index contributed by atoms with van der Waals surface area (Å²) in [6.45, 7) is 5.75. The molecule has 4 heteroatoms. The van der Waals surface area contributed by atoms with Crippen LogP contribution in [-0.2, 0) is 0 Å². The third-order valence-electron chi connectivity index (χ3n) is 3.44. The maximum absolute atomic E-state index is 12.1. The Morgan fingerprint density at radius 3 is 3.00 bits per heavy atom. The zero-order valence-corrected chi connectivity index (χ0v) is 11.1. The number of nitrogens with one attached hydrogen (secondary N) is 2. The van der Waals surface area contributed by atoms with E-state index in [4.69, 9.17) is 0 Å². The highest BCUT2D eigenvalue weighted by Gasteiger charge is 2.28. The van der Waals surface area contributed by atoms with E-state index in [1.165, 1.54) is 12.8 Å². The smallest absolute Gasteiger partial charge is 0.253 e. The van der Waals surface area contributed by atoms with Crippen molar-refractivity contribution < 1.29 is 4.79 Å². The maximum atomic E-state index is 12.1. The van der Waals surface area contributed by atoms with Gasteiger partial charge in [0.15, 0.2) is 0 Å². The number of carbonyl (C=O) groups excluding carboxylic acids is 1. The van der Waals surface area contributed by atoms with Crippen LogP contribution in [0, 0.1) is 11.8 Å². The Hall–Kier alpha value is -1.58. The summed E-state index contributed by atoms with van der Waals surface area (Å²) in [4.78, 5) is 16.1. The minimum Gasteiger partial charge on any atom is -0.383 e. The van der Waals surface area contributed by atoms with E-state index in [-0.39, 0.29) is 5.91 Å². The summed E-state index contributed by atoms with van der Waals surface area (Å²) in [6, 6.07) is 1.76. The fourth-order valence-electron chi connectivity index (χ4n) is 2.10. The average molecular weight is 247 g/mol. The van der Waals surface area contributed by atoms with E-state index >= 15 is 0 Å². The van der Waals surface area contributed by atoms with E-state index in [1.54, 1.807) is 18.5 Å². The Morgan fingerprint density at radius 2 is 2.33 bits per heavy atom. The molecule has 0 aromatic carbocycles. The Bertz CT molecular complexity index is 415. The van der Waals surface area contributed by atoms with Crippen LogP contribution in [0.25, 0.3) is 0 Å². The topological polar surface area (TPSA) is 54.0 Å². The van der Waals surface area contributed by atoms with Gasteiger partial charge in [-0.05, 0) is 37.7 Å². The molecule has 1 heterocycles. The molecule has 1 atom stereocenters. The molecule has 0 bridgehead atoms. The second-order valence-corrected chi connectivity index (χ2v) is 4.98. The van der Waals surface area contributed by atoms with Crippen LogP contribution in [0.1, 0.15) is 37.0 Å². The van der Waals surface area contributed by atoms with Gasteiger partial charge in [0.05, 0.1) is 17.4 Å². The van der Waals surface area contributed by atoms with E-state index in [2.05, 4.69) is 22.5 Å². The van der Waals surface area contributed by atoms with Crippen LogP contribution in [0.3, 0.4) is 0 Å². The van der Waals surface area contributed by atoms with Crippen molar-refractivity contribution in [3.63, 3.8) is 0 Å². The van der Waals surface area contributed by atoms with Crippen molar-refractivity contribution >= 4 is 11.6 Å². The van der Waals surface area contributed by atoms with Gasteiger partial charge in [0.2, 0.25) is 0 Å². The van der Waals surface area contributed by atoms with Crippen LogP contribution in [-0.4, -0.2) is 24.0 Å². The average Bonchev–Trinajstić information content (AvgIpc) is 3.21. The molecule has 2 rings (SSSR count). The molecule has 1 fully saturated rings. The molecule has 1 aromatic rings. The monoisotopic (exact) mass is 247 g/mol. The molecule has 1 amide bonds. The quantitative estimate of drug-likeness (QED) is 0.811. The number of rotatable bonds is 6. The number of hydrogen-bond donors (Lipinski definition) is 2. The van der Waals surface area contributed by atoms with Gasteiger partial charge in [-0.3, -0.25) is 9.78 Å². The fraction of sp³-hybridized carbons (Fsp3) is 0.571. The van der Waals surface area contributed by atoms with Crippen molar-refractivity contribution in [2.75, 3.05) is 18.4 Å². The van der Waals surface area contributed by atoms with Crippen LogP contribution in [0.2, 0.25) is 0 Å². The lowest BCUT2D eigenvalue weighted by molar-refractivity contribution is 0.0947. The molecule has 0 spiro atoms. The molecule has 0 aliphatic heterocycles. The van der Waals surface area contributed by atoms with E-state index in [9.17, 15) is 4.79 Å². The van der Waals surface area contributed by atoms with Crippen molar-refractivity contribution in [1.29, 1.82) is 0 Å². The second kappa shape index (κ2) is 5.85. The van der Waals surface area contributed by atoms with Crippen molar-refractivity contribution in [3.8, 4) is 0 Å². The molecule has 0 saturated heterocycles. The SMILES string of the molecule is CCNc1cnccc1C(=O)NCC(C)C1CC1. The van der Waals surface area contributed by atoms with Crippen molar-refractivity contribution in [2.45, 2.75) is 26.7 Å². The highest BCUT2D eigenvalue weighted by molar-refractivity contribution is 5.99. The minimum absolute atomic E-state index is 0.0131. The summed E-state index contributed by atoms with van der Waals surface area (Å²) >= 11 is 0. The lowest BCUT2D eigenvalue weighted by Crippen LogP contribution is -2.29. The van der Waals surface area contributed by atoms with Crippen LogP contribution in [0.15, 0.2) is 18.5 Å². The molecule has 1 aliphatic carbocycles. The second-order valence-electron chi connectivity index (χ2n) is 4.98. The minimum atomic E-state index is -0.0131. The fourth-order valence-corrected chi connectivity index (χ4v) is 2.10. The Balaban J connectivity index is 1.94. The van der Waals surface area contributed by atoms with Gasteiger partial charge >= 0.3 is 0 Å². The third kappa shape index (κ3) is 3.22. The number of anilines is 1. The molecule has 18 heavy (non-hydrogen) atoms. The molecule has 98 valence electrons. The Labute approximate surface area is 108 Å². The van der Waals surface area contributed by atoms with Gasteiger partial charge in [-0.25, -0.2) is 0 Å². The molecule has 2 N–H and O–H groups in total. The van der Waals surface area contributed by atoms with E-state index in [0.717, 1.165) is 24.7 Å². The predicted octanol–water partition coefficient (Wildman–Crippen LogP) is 2.29. The standard InChI is InChI=1S/C14H21N3O/c1-3-16-13-9-15-7-6-12(13)14(18)17-8-10(2)11-4-5-11/h6-7,9-11,16H,3-5,8H2,1-2H3,(H,17,18). The number of hydrogen-bond acceptors (Lipinski definition) is 3. The van der Waals surface area contributed by atoms with Crippen LogP contribution in [0.4, 0.5) is 5.69 Å². The lowest BCUT2D eigenvalue weighted by Gasteiger charge is -2.13. The zero-order chi connectivity index (χ0) is 13.0. The number of nitrogens with zero attached hydrogens (tertiary/aromatic N) is 1. The van der Waals surface area contributed by atoms with E-state index in [1.807, 2.05) is 6.92 Å². The van der Waals surface area contributed by atoms with Crippen LogP contribution in [0.5, 0.6) is 0 Å². The first-order valence-corrected chi connectivity index (χ1v) is 6.68. The number of pyridine rings is 1. The summed E-state index contributed by atoms with van der Waals surface area (Å²) in [7, 11) is 0. The number of amides is 1. The molecule has 1 unspecified atom stereocenters. The summed E-state index contributed by atoms with van der Waals surface area (Å²) in [5.41, 5.74) is 1.48. The third-order valence-corrected chi connectivity index (χ3v) is 3.44. The lowest BCUT2D eigenvalue weighted by atomic mass is 10.1. The molecule has 1 aromatic heterocycles. The summed E-state index contributed by atoms with van der Waals surface area (Å²) in [5.74, 6) is 1.38. The number of carbonyl (C=O) groups is 1. The van der Waals surface area contributed by atoms with Crippen LogP contribution >= 0.6 is 0 Å². The van der Waals surface area contributed by atoms with Gasteiger partial charge in [0.25, 0.3) is 5.91 Å². The first-order chi connectivity index (χ1) is 8.72. The first kappa shape index (κ1) is 12.9. The van der Waals surface area contributed by atoms with Crippen LogP contribution < -0.4 is 10.6 Å². The molecule has 4 nitrogen and oxygen atoms in total. The Kier molecular flexibility index (Phi) is 4.18. The summed E-state index contributed by atoms with van der Waals surface area (Å²) in [6.07, 6.45) is 5.98. The van der Waals surface area contributed by atoms with Gasteiger partial charge in [-0.15, -0.1) is 0 Å². The summed E-state index contributed by atoms with van der Waals surface area (Å²) < 4.78 is 0. The zero-order valence-electron chi connectivity index (χ0n) is 11.1. The van der Waals surface area contributed by atoms with Gasteiger partial charge in [0.1, 0.15) is 0 Å².